The van der Waals surface area contributed by atoms with Crippen molar-refractivity contribution in [3.8, 4) is 11.3 Å². The molecule has 8 heteroatoms. The minimum atomic E-state index is -0.212. The van der Waals surface area contributed by atoms with E-state index in [9.17, 15) is 9.18 Å². The first-order valence-corrected chi connectivity index (χ1v) is 11.5. The monoisotopic (exact) mass is 446 g/mol. The van der Waals surface area contributed by atoms with Crippen LogP contribution >= 0.6 is 0 Å². The fourth-order valence-corrected chi connectivity index (χ4v) is 4.69. The molecule has 0 N–H and O–H groups in total. The number of amides is 1. The molecule has 0 saturated carbocycles. The molecule has 0 aliphatic carbocycles. The number of aromatic nitrogens is 3. The lowest BCUT2D eigenvalue weighted by molar-refractivity contribution is -0.136. The van der Waals surface area contributed by atoms with Crippen LogP contribution < -0.4 is 9.80 Å². The zero-order valence-electron chi connectivity index (χ0n) is 18.5. The quantitative estimate of drug-likeness (QED) is 0.613. The number of nitrogens with zero attached hydrogens (tertiary/aromatic N) is 6. The number of carbonyl (C=O) groups is 1. The fraction of sp³-hybridized carbons (Fsp3) is 0.360. The molecule has 2 aliphatic heterocycles. The largest absolute Gasteiger partial charge is 0.366 e. The first-order chi connectivity index (χ1) is 16.2. The zero-order valence-corrected chi connectivity index (χ0v) is 18.5. The number of anilines is 2. The maximum atomic E-state index is 14.1. The van der Waals surface area contributed by atoms with Gasteiger partial charge in [-0.15, -0.1) is 10.2 Å². The highest BCUT2D eigenvalue weighted by Gasteiger charge is 2.32. The van der Waals surface area contributed by atoms with E-state index in [-0.39, 0.29) is 17.6 Å². The van der Waals surface area contributed by atoms with Gasteiger partial charge in [0.15, 0.2) is 5.82 Å². The number of halogens is 1. The molecule has 5 rings (SSSR count). The smallest absolute Gasteiger partial charge is 0.227 e. The summed E-state index contributed by atoms with van der Waals surface area (Å²) in [7, 11) is 0. The van der Waals surface area contributed by atoms with Crippen molar-refractivity contribution in [2.24, 2.45) is 5.92 Å². The molecular formula is C25H27FN6O. The van der Waals surface area contributed by atoms with Crippen molar-refractivity contribution >= 4 is 17.4 Å². The van der Waals surface area contributed by atoms with Crippen LogP contribution in [-0.4, -0.2) is 65.3 Å². The van der Waals surface area contributed by atoms with Crippen LogP contribution in [0.4, 0.5) is 15.9 Å². The molecule has 7 nitrogen and oxygen atoms in total. The zero-order chi connectivity index (χ0) is 22.6. The Morgan fingerprint density at radius 1 is 0.879 bits per heavy atom. The van der Waals surface area contributed by atoms with Crippen LogP contribution in [0, 0.1) is 11.7 Å². The van der Waals surface area contributed by atoms with Crippen molar-refractivity contribution in [2.45, 2.75) is 12.8 Å². The minimum Gasteiger partial charge on any atom is -0.366 e. The van der Waals surface area contributed by atoms with Gasteiger partial charge in [0.1, 0.15) is 5.82 Å². The number of piperidine rings is 1. The fourth-order valence-electron chi connectivity index (χ4n) is 4.69. The molecule has 2 aromatic heterocycles. The van der Waals surface area contributed by atoms with Gasteiger partial charge in [-0.1, -0.05) is 12.1 Å². The molecule has 1 atom stereocenters. The van der Waals surface area contributed by atoms with Crippen LogP contribution in [0.2, 0.25) is 0 Å². The van der Waals surface area contributed by atoms with E-state index in [0.717, 1.165) is 36.5 Å². The number of pyridine rings is 1. The predicted octanol–water partition coefficient (Wildman–Crippen LogP) is 3.24. The molecule has 0 bridgehead atoms. The topological polar surface area (TPSA) is 65.5 Å². The highest BCUT2D eigenvalue weighted by atomic mass is 19.1. The second kappa shape index (κ2) is 9.52. The van der Waals surface area contributed by atoms with Gasteiger partial charge >= 0.3 is 0 Å². The second-order valence-corrected chi connectivity index (χ2v) is 8.56. The first-order valence-electron chi connectivity index (χ1n) is 11.5. The van der Waals surface area contributed by atoms with Crippen LogP contribution in [0.15, 0.2) is 60.9 Å². The lowest BCUT2D eigenvalue weighted by atomic mass is 9.96. The summed E-state index contributed by atoms with van der Waals surface area (Å²) in [6.07, 6.45) is 5.30. The van der Waals surface area contributed by atoms with Crippen LogP contribution in [0.5, 0.6) is 0 Å². The minimum absolute atomic E-state index is 0.0552. The third-order valence-corrected chi connectivity index (χ3v) is 6.51. The summed E-state index contributed by atoms with van der Waals surface area (Å²) in [5.74, 6) is 0.723. The summed E-state index contributed by atoms with van der Waals surface area (Å²) in [4.78, 5) is 23.4. The normalized spacial score (nSPS) is 18.9. The standard InChI is InChI=1S/C25H27FN6O/c26-21-5-1-2-6-23(21)30-14-16-31(17-15-30)25(33)20-4-3-13-32(18-20)24-8-7-22(28-29-24)19-9-11-27-12-10-19/h1-2,5-12,20H,3-4,13-18H2. The Kier molecular flexibility index (Phi) is 6.15. The van der Waals surface area contributed by atoms with Crippen molar-refractivity contribution < 1.29 is 9.18 Å². The van der Waals surface area contributed by atoms with Gasteiger partial charge in [-0.3, -0.25) is 9.78 Å². The molecule has 2 fully saturated rings. The number of piperazine rings is 1. The van der Waals surface area contributed by atoms with Crippen molar-refractivity contribution in [3.05, 3.63) is 66.7 Å². The lowest BCUT2D eigenvalue weighted by Gasteiger charge is -2.40. The molecule has 0 radical (unpaired) electrons. The van der Waals surface area contributed by atoms with Gasteiger partial charge < -0.3 is 14.7 Å². The van der Waals surface area contributed by atoms with E-state index < -0.39 is 0 Å². The molecule has 3 aromatic rings. The molecular weight excluding hydrogens is 419 g/mol. The number of rotatable bonds is 4. The van der Waals surface area contributed by atoms with Crippen molar-refractivity contribution in [1.82, 2.24) is 20.1 Å². The number of para-hydroxylation sites is 1. The van der Waals surface area contributed by atoms with E-state index in [4.69, 9.17) is 0 Å². The highest BCUT2D eigenvalue weighted by Crippen LogP contribution is 2.26. The van der Waals surface area contributed by atoms with E-state index in [1.165, 1.54) is 6.07 Å². The summed E-state index contributed by atoms with van der Waals surface area (Å²) in [5, 5.41) is 8.80. The van der Waals surface area contributed by atoms with Crippen molar-refractivity contribution in [2.75, 3.05) is 49.1 Å². The van der Waals surface area contributed by atoms with Gasteiger partial charge in [-0.05, 0) is 49.2 Å². The third kappa shape index (κ3) is 4.65. The SMILES string of the molecule is O=C(C1CCCN(c2ccc(-c3ccncc3)nn2)C1)N1CCN(c2ccccc2F)CC1. The van der Waals surface area contributed by atoms with Crippen LogP contribution in [0.3, 0.4) is 0 Å². The molecule has 33 heavy (non-hydrogen) atoms. The Labute approximate surface area is 192 Å². The van der Waals surface area contributed by atoms with E-state index >= 15 is 0 Å². The molecule has 1 aromatic carbocycles. The van der Waals surface area contributed by atoms with Gasteiger partial charge in [0.05, 0.1) is 17.3 Å². The maximum Gasteiger partial charge on any atom is 0.227 e. The van der Waals surface area contributed by atoms with Gasteiger partial charge in [0.25, 0.3) is 0 Å². The molecule has 2 aliphatic rings. The Morgan fingerprint density at radius 3 is 2.39 bits per heavy atom. The van der Waals surface area contributed by atoms with E-state index in [1.54, 1.807) is 24.5 Å². The Hall–Kier alpha value is -3.55. The Morgan fingerprint density at radius 2 is 1.67 bits per heavy atom. The summed E-state index contributed by atoms with van der Waals surface area (Å²) >= 11 is 0. The average Bonchev–Trinajstić information content (AvgIpc) is 2.89. The molecule has 1 amide bonds. The van der Waals surface area contributed by atoms with E-state index in [2.05, 4.69) is 20.1 Å². The molecule has 2 saturated heterocycles. The molecule has 4 heterocycles. The lowest BCUT2D eigenvalue weighted by Crippen LogP contribution is -2.52. The molecule has 1 unspecified atom stereocenters. The highest BCUT2D eigenvalue weighted by molar-refractivity contribution is 5.80. The maximum absolute atomic E-state index is 14.1. The second-order valence-electron chi connectivity index (χ2n) is 8.56. The number of benzene rings is 1. The predicted molar refractivity (Wildman–Crippen MR) is 125 cm³/mol. The summed E-state index contributed by atoms with van der Waals surface area (Å²) in [5.41, 5.74) is 2.39. The molecule has 170 valence electrons. The number of hydrogen-bond acceptors (Lipinski definition) is 6. The first kappa shape index (κ1) is 21.3. The van der Waals surface area contributed by atoms with Gasteiger partial charge in [-0.2, -0.15) is 0 Å². The number of carbonyl (C=O) groups excluding carboxylic acids is 1. The van der Waals surface area contributed by atoms with Gasteiger partial charge in [0.2, 0.25) is 5.91 Å². The van der Waals surface area contributed by atoms with E-state index in [1.807, 2.05) is 40.1 Å². The van der Waals surface area contributed by atoms with Crippen LogP contribution in [0.1, 0.15) is 12.8 Å². The summed E-state index contributed by atoms with van der Waals surface area (Å²) < 4.78 is 14.1. The Bertz CT molecular complexity index is 1090. The van der Waals surface area contributed by atoms with Gasteiger partial charge in [-0.25, -0.2) is 4.39 Å². The Balaban J connectivity index is 1.19. The molecule has 0 spiro atoms. The van der Waals surface area contributed by atoms with Crippen molar-refractivity contribution in [1.29, 1.82) is 0 Å². The average molecular weight is 447 g/mol. The summed E-state index contributed by atoms with van der Waals surface area (Å²) in [6, 6.07) is 14.6. The number of hydrogen-bond donors (Lipinski definition) is 0. The van der Waals surface area contributed by atoms with Gasteiger partial charge in [0, 0.05) is 57.2 Å². The van der Waals surface area contributed by atoms with Crippen molar-refractivity contribution in [3.63, 3.8) is 0 Å². The van der Waals surface area contributed by atoms with Crippen LogP contribution in [0.25, 0.3) is 11.3 Å². The van der Waals surface area contributed by atoms with E-state index in [0.29, 0.717) is 38.4 Å². The van der Waals surface area contributed by atoms with Crippen LogP contribution in [-0.2, 0) is 4.79 Å². The summed E-state index contributed by atoms with van der Waals surface area (Å²) in [6.45, 7) is 4.04. The third-order valence-electron chi connectivity index (χ3n) is 6.51.